The number of methoxy groups -OCH3 is 3. The molecule has 2 aromatic rings. The average molecular weight is 454 g/mol. The first kappa shape index (κ1) is 19.0. The molecule has 0 aliphatic heterocycles. The number of rotatable bonds is 6. The summed E-state index contributed by atoms with van der Waals surface area (Å²) in [6, 6.07) is 10.6. The van der Waals surface area contributed by atoms with Gasteiger partial charge < -0.3 is 14.2 Å². The summed E-state index contributed by atoms with van der Waals surface area (Å²) in [5.74, 6) is 1.73. The van der Waals surface area contributed by atoms with Crippen LogP contribution in [0, 0.1) is 3.57 Å². The molecular formula is C18H19IN2O4. The Labute approximate surface area is 160 Å². The first-order valence-electron chi connectivity index (χ1n) is 7.40. The first-order chi connectivity index (χ1) is 12.0. The third-order valence-electron chi connectivity index (χ3n) is 3.54. The fourth-order valence-corrected chi connectivity index (χ4v) is 2.90. The molecule has 0 heterocycles. The van der Waals surface area contributed by atoms with Crippen molar-refractivity contribution in [2.24, 2.45) is 5.10 Å². The van der Waals surface area contributed by atoms with E-state index in [1.807, 2.05) is 12.1 Å². The highest BCUT2D eigenvalue weighted by atomic mass is 127. The Morgan fingerprint density at radius 2 is 1.72 bits per heavy atom. The van der Waals surface area contributed by atoms with E-state index in [0.29, 0.717) is 22.8 Å². The Bertz CT molecular complexity index is 806. The van der Waals surface area contributed by atoms with Gasteiger partial charge in [0.05, 0.1) is 30.6 Å². The van der Waals surface area contributed by atoms with Gasteiger partial charge in [0.2, 0.25) is 0 Å². The van der Waals surface area contributed by atoms with Gasteiger partial charge in [0.15, 0.2) is 0 Å². The van der Waals surface area contributed by atoms with E-state index in [-0.39, 0.29) is 5.91 Å². The molecule has 0 aromatic heterocycles. The van der Waals surface area contributed by atoms with Gasteiger partial charge in [-0.1, -0.05) is 0 Å². The number of halogens is 1. The predicted molar refractivity (Wildman–Crippen MR) is 105 cm³/mol. The molecule has 0 aliphatic carbocycles. The van der Waals surface area contributed by atoms with E-state index in [9.17, 15) is 4.79 Å². The molecule has 0 radical (unpaired) electrons. The molecule has 0 saturated heterocycles. The minimum atomic E-state index is -0.299. The van der Waals surface area contributed by atoms with E-state index >= 15 is 0 Å². The lowest BCUT2D eigenvalue weighted by Crippen LogP contribution is -2.19. The highest BCUT2D eigenvalue weighted by Crippen LogP contribution is 2.25. The van der Waals surface area contributed by atoms with Crippen LogP contribution in [0.4, 0.5) is 0 Å². The number of nitrogens with zero attached hydrogens (tertiary/aromatic N) is 1. The van der Waals surface area contributed by atoms with Crippen molar-refractivity contribution in [3.63, 3.8) is 0 Å². The first-order valence-corrected chi connectivity index (χ1v) is 8.48. The zero-order valence-electron chi connectivity index (χ0n) is 14.4. The standard InChI is InChI=1S/C18H19IN2O4/c1-11(14-7-6-13(23-2)10-17(14)25-4)20-21-18(22)12-5-8-16(24-3)15(19)9-12/h5-10H,1-4H3,(H,21,22)/b20-11+. The summed E-state index contributed by atoms with van der Waals surface area (Å²) >= 11 is 2.12. The molecule has 1 N–H and O–H groups in total. The zero-order chi connectivity index (χ0) is 18.4. The van der Waals surface area contributed by atoms with Crippen molar-refractivity contribution in [2.75, 3.05) is 21.3 Å². The normalized spacial score (nSPS) is 11.0. The minimum Gasteiger partial charge on any atom is -0.497 e. The smallest absolute Gasteiger partial charge is 0.271 e. The molecule has 1 amide bonds. The minimum absolute atomic E-state index is 0.299. The van der Waals surface area contributed by atoms with Crippen molar-refractivity contribution in [3.05, 3.63) is 51.1 Å². The maximum absolute atomic E-state index is 12.3. The molecule has 0 unspecified atom stereocenters. The maximum atomic E-state index is 12.3. The van der Waals surface area contributed by atoms with Gasteiger partial charge in [-0.25, -0.2) is 5.43 Å². The van der Waals surface area contributed by atoms with E-state index in [4.69, 9.17) is 14.2 Å². The van der Waals surface area contributed by atoms with Gasteiger partial charge in [0.1, 0.15) is 17.2 Å². The lowest BCUT2D eigenvalue weighted by atomic mass is 10.1. The van der Waals surface area contributed by atoms with Crippen molar-refractivity contribution >= 4 is 34.2 Å². The van der Waals surface area contributed by atoms with Crippen molar-refractivity contribution < 1.29 is 19.0 Å². The molecule has 0 bridgehead atoms. The SMILES string of the molecule is COc1ccc(/C(C)=N/NC(=O)c2ccc(OC)c(I)c2)c(OC)c1. The van der Waals surface area contributed by atoms with E-state index in [1.54, 1.807) is 52.5 Å². The number of amides is 1. The van der Waals surface area contributed by atoms with Crippen molar-refractivity contribution in [1.82, 2.24) is 5.43 Å². The summed E-state index contributed by atoms with van der Waals surface area (Å²) < 4.78 is 16.6. The molecular weight excluding hydrogens is 435 g/mol. The maximum Gasteiger partial charge on any atom is 0.271 e. The molecule has 2 aromatic carbocycles. The fraction of sp³-hybridized carbons (Fsp3) is 0.222. The summed E-state index contributed by atoms with van der Waals surface area (Å²) in [4.78, 5) is 12.3. The van der Waals surface area contributed by atoms with Gasteiger partial charge >= 0.3 is 0 Å². The lowest BCUT2D eigenvalue weighted by Gasteiger charge is -2.10. The van der Waals surface area contributed by atoms with Crippen LogP contribution < -0.4 is 19.6 Å². The number of carbonyl (C=O) groups is 1. The Morgan fingerprint density at radius 3 is 2.32 bits per heavy atom. The van der Waals surface area contributed by atoms with Crippen molar-refractivity contribution in [1.29, 1.82) is 0 Å². The Hall–Kier alpha value is -2.29. The summed E-state index contributed by atoms with van der Waals surface area (Å²) in [7, 11) is 4.75. The molecule has 132 valence electrons. The lowest BCUT2D eigenvalue weighted by molar-refractivity contribution is 0.0954. The van der Waals surface area contributed by atoms with E-state index in [0.717, 1.165) is 14.9 Å². The number of carbonyl (C=O) groups excluding carboxylic acids is 1. The van der Waals surface area contributed by atoms with Gasteiger partial charge in [-0.2, -0.15) is 5.10 Å². The monoisotopic (exact) mass is 454 g/mol. The molecule has 0 saturated carbocycles. The average Bonchev–Trinajstić information content (AvgIpc) is 2.65. The van der Waals surface area contributed by atoms with E-state index in [1.165, 1.54) is 0 Å². The molecule has 2 rings (SSSR count). The van der Waals surface area contributed by atoms with Gasteiger partial charge in [-0.05, 0) is 59.8 Å². The summed E-state index contributed by atoms with van der Waals surface area (Å²) in [6.45, 7) is 1.79. The van der Waals surface area contributed by atoms with Crippen LogP contribution in [0.15, 0.2) is 41.5 Å². The highest BCUT2D eigenvalue weighted by Gasteiger charge is 2.11. The number of hydrazone groups is 1. The van der Waals surface area contributed by atoms with Crippen LogP contribution >= 0.6 is 22.6 Å². The van der Waals surface area contributed by atoms with Gasteiger partial charge in [-0.3, -0.25) is 4.79 Å². The molecule has 0 atom stereocenters. The van der Waals surface area contributed by atoms with E-state index in [2.05, 4.69) is 33.1 Å². The number of ether oxygens (including phenoxy) is 3. The number of nitrogens with one attached hydrogen (secondary N) is 1. The predicted octanol–water partition coefficient (Wildman–Crippen LogP) is 3.47. The van der Waals surface area contributed by atoms with Crippen LogP contribution in [0.25, 0.3) is 0 Å². The number of hydrogen-bond donors (Lipinski definition) is 1. The third-order valence-corrected chi connectivity index (χ3v) is 4.38. The largest absolute Gasteiger partial charge is 0.497 e. The third kappa shape index (κ3) is 4.62. The Balaban J connectivity index is 2.18. The Kier molecular flexibility index (Phi) is 6.63. The second-order valence-electron chi connectivity index (χ2n) is 5.05. The fourth-order valence-electron chi connectivity index (χ4n) is 2.16. The zero-order valence-corrected chi connectivity index (χ0v) is 16.6. The van der Waals surface area contributed by atoms with Crippen LogP contribution in [0.3, 0.4) is 0 Å². The summed E-state index contributed by atoms with van der Waals surface area (Å²) in [6.07, 6.45) is 0. The number of benzene rings is 2. The molecule has 0 spiro atoms. The summed E-state index contributed by atoms with van der Waals surface area (Å²) in [5.41, 5.74) is 4.46. The van der Waals surface area contributed by atoms with Crippen LogP contribution in [0.5, 0.6) is 17.2 Å². The van der Waals surface area contributed by atoms with Crippen molar-refractivity contribution in [3.8, 4) is 17.2 Å². The van der Waals surface area contributed by atoms with Gasteiger partial charge in [0, 0.05) is 17.2 Å². The molecule has 25 heavy (non-hydrogen) atoms. The highest BCUT2D eigenvalue weighted by molar-refractivity contribution is 14.1. The van der Waals surface area contributed by atoms with Crippen LogP contribution in [-0.4, -0.2) is 32.9 Å². The molecule has 0 fully saturated rings. The van der Waals surface area contributed by atoms with Gasteiger partial charge in [0.25, 0.3) is 5.91 Å². The van der Waals surface area contributed by atoms with Crippen LogP contribution in [0.2, 0.25) is 0 Å². The van der Waals surface area contributed by atoms with Crippen LogP contribution in [0.1, 0.15) is 22.8 Å². The second-order valence-corrected chi connectivity index (χ2v) is 6.22. The summed E-state index contributed by atoms with van der Waals surface area (Å²) in [5, 5.41) is 4.17. The second kappa shape index (κ2) is 8.70. The van der Waals surface area contributed by atoms with Crippen LogP contribution in [-0.2, 0) is 0 Å². The van der Waals surface area contributed by atoms with Crippen molar-refractivity contribution in [2.45, 2.75) is 6.92 Å². The number of hydrogen-bond acceptors (Lipinski definition) is 5. The molecule has 0 aliphatic rings. The molecule has 6 nitrogen and oxygen atoms in total. The molecule has 7 heteroatoms. The topological polar surface area (TPSA) is 69.2 Å². The van der Waals surface area contributed by atoms with Gasteiger partial charge in [-0.15, -0.1) is 0 Å². The Morgan fingerprint density at radius 1 is 1.00 bits per heavy atom. The quantitative estimate of drug-likeness (QED) is 0.413. The van der Waals surface area contributed by atoms with E-state index < -0.39 is 0 Å².